The Morgan fingerprint density at radius 3 is 0.312 bits per heavy atom. The molecule has 0 bridgehead atoms. The standard InChI is InChI=1S/3C5H10.La/c3*1-2-4-5-3-1;/h3*1-5H2;. The van der Waals surface area contributed by atoms with Crippen LogP contribution in [0.5, 0.6) is 0 Å². The molecule has 0 spiro atoms. The third kappa shape index (κ3) is 11.7. The predicted molar refractivity (Wildman–Crippen MR) is 69.3 cm³/mol. The molecule has 1 heteroatoms. The quantitative estimate of drug-likeness (QED) is 0.514. The van der Waals surface area contributed by atoms with E-state index in [-0.39, 0.29) is 35.6 Å². The Hall–Kier alpha value is 1.19. The molecule has 0 N–H and O–H groups in total. The van der Waals surface area contributed by atoms with Gasteiger partial charge in [0.25, 0.3) is 0 Å². The third-order valence-corrected chi connectivity index (χ3v) is 3.75. The Morgan fingerprint density at radius 1 is 0.188 bits per heavy atom. The Labute approximate surface area is 131 Å². The van der Waals surface area contributed by atoms with E-state index in [1.807, 2.05) is 0 Å². The molecule has 3 fully saturated rings. The molecule has 3 rings (SSSR count). The van der Waals surface area contributed by atoms with Crippen molar-refractivity contribution in [2.45, 2.75) is 96.3 Å². The van der Waals surface area contributed by atoms with Gasteiger partial charge in [-0.1, -0.05) is 96.3 Å². The fourth-order valence-electron chi connectivity index (χ4n) is 2.65. The first kappa shape index (κ1) is 17.2. The second kappa shape index (κ2) is 14.3. The maximum atomic E-state index is 1.50. The van der Waals surface area contributed by atoms with E-state index in [4.69, 9.17) is 0 Å². The van der Waals surface area contributed by atoms with E-state index in [2.05, 4.69) is 0 Å². The van der Waals surface area contributed by atoms with E-state index in [9.17, 15) is 0 Å². The fraction of sp³-hybridized carbons (Fsp3) is 1.00. The molecular weight excluding hydrogens is 319 g/mol. The molecular formula is C15H30La. The van der Waals surface area contributed by atoms with Gasteiger partial charge in [-0.2, -0.15) is 0 Å². The average Bonchev–Trinajstić information content (AvgIpc) is 3.09. The first-order valence-electron chi connectivity index (χ1n) is 7.50. The van der Waals surface area contributed by atoms with Crippen LogP contribution in [0.3, 0.4) is 0 Å². The third-order valence-electron chi connectivity index (χ3n) is 3.75. The minimum Gasteiger partial charge on any atom is -0.0533 e. The predicted octanol–water partition coefficient (Wildman–Crippen LogP) is 5.85. The van der Waals surface area contributed by atoms with Crippen LogP contribution < -0.4 is 0 Å². The van der Waals surface area contributed by atoms with Gasteiger partial charge in [0.15, 0.2) is 0 Å². The number of rotatable bonds is 0. The van der Waals surface area contributed by atoms with Crippen molar-refractivity contribution in [3.05, 3.63) is 0 Å². The Morgan fingerprint density at radius 2 is 0.250 bits per heavy atom. The van der Waals surface area contributed by atoms with Gasteiger partial charge >= 0.3 is 0 Å². The summed E-state index contributed by atoms with van der Waals surface area (Å²) in [7, 11) is 0. The van der Waals surface area contributed by atoms with Gasteiger partial charge < -0.3 is 0 Å². The summed E-state index contributed by atoms with van der Waals surface area (Å²) < 4.78 is 0. The van der Waals surface area contributed by atoms with Crippen LogP contribution in [-0.4, -0.2) is 0 Å². The van der Waals surface area contributed by atoms with Crippen LogP contribution >= 0.6 is 0 Å². The van der Waals surface area contributed by atoms with Crippen molar-refractivity contribution in [3.8, 4) is 0 Å². The average molecular weight is 349 g/mol. The first-order chi connectivity index (χ1) is 7.50. The second-order valence-corrected chi connectivity index (χ2v) is 5.30. The van der Waals surface area contributed by atoms with Crippen molar-refractivity contribution in [3.63, 3.8) is 0 Å². The molecule has 1 radical (unpaired) electrons. The summed E-state index contributed by atoms with van der Waals surface area (Å²) in [5.74, 6) is 0. The maximum Gasteiger partial charge on any atom is 0 e. The van der Waals surface area contributed by atoms with Gasteiger partial charge in [-0.15, -0.1) is 0 Å². The van der Waals surface area contributed by atoms with Crippen molar-refractivity contribution in [1.82, 2.24) is 0 Å². The molecule has 16 heavy (non-hydrogen) atoms. The van der Waals surface area contributed by atoms with Crippen molar-refractivity contribution in [1.29, 1.82) is 0 Å². The molecule has 0 amide bonds. The fourth-order valence-corrected chi connectivity index (χ4v) is 2.65. The molecule has 0 atom stereocenters. The summed E-state index contributed by atoms with van der Waals surface area (Å²) >= 11 is 0. The van der Waals surface area contributed by atoms with Crippen LogP contribution in [0, 0.1) is 35.6 Å². The molecule has 93 valence electrons. The minimum atomic E-state index is 0. The summed E-state index contributed by atoms with van der Waals surface area (Å²) in [4.78, 5) is 0. The van der Waals surface area contributed by atoms with Gasteiger partial charge in [0.1, 0.15) is 0 Å². The molecule has 0 aromatic heterocycles. The summed E-state index contributed by atoms with van der Waals surface area (Å²) in [5, 5.41) is 0. The van der Waals surface area contributed by atoms with E-state index < -0.39 is 0 Å². The van der Waals surface area contributed by atoms with Gasteiger partial charge in [-0.05, 0) is 0 Å². The normalized spacial score (nSPS) is 22.5. The Balaban J connectivity index is 0.000000205. The molecule has 0 aliphatic heterocycles. The van der Waals surface area contributed by atoms with Crippen molar-refractivity contribution >= 4 is 0 Å². The van der Waals surface area contributed by atoms with Crippen molar-refractivity contribution in [2.75, 3.05) is 0 Å². The summed E-state index contributed by atoms with van der Waals surface area (Å²) in [6.07, 6.45) is 22.5. The zero-order chi connectivity index (χ0) is 10.6. The maximum absolute atomic E-state index is 1.50. The molecule has 3 saturated carbocycles. The number of hydrogen-bond acceptors (Lipinski definition) is 0. The van der Waals surface area contributed by atoms with Crippen LogP contribution in [0.25, 0.3) is 0 Å². The van der Waals surface area contributed by atoms with E-state index in [1.54, 1.807) is 0 Å². The molecule has 0 heterocycles. The minimum absolute atomic E-state index is 0. The van der Waals surface area contributed by atoms with Gasteiger partial charge in [-0.25, -0.2) is 0 Å². The van der Waals surface area contributed by atoms with Crippen molar-refractivity contribution < 1.29 is 35.6 Å². The van der Waals surface area contributed by atoms with Crippen LogP contribution in [0.2, 0.25) is 0 Å². The summed E-state index contributed by atoms with van der Waals surface area (Å²) in [5.41, 5.74) is 0. The van der Waals surface area contributed by atoms with Crippen molar-refractivity contribution in [2.24, 2.45) is 0 Å². The van der Waals surface area contributed by atoms with Gasteiger partial charge in [0, 0.05) is 35.6 Å². The monoisotopic (exact) mass is 349 g/mol. The molecule has 3 aliphatic carbocycles. The van der Waals surface area contributed by atoms with E-state index in [1.165, 1.54) is 96.3 Å². The van der Waals surface area contributed by atoms with Crippen LogP contribution in [0.4, 0.5) is 0 Å². The molecule has 0 saturated heterocycles. The first-order valence-corrected chi connectivity index (χ1v) is 7.50. The van der Waals surface area contributed by atoms with Crippen LogP contribution in [-0.2, 0) is 0 Å². The molecule has 0 aromatic carbocycles. The molecule has 0 unspecified atom stereocenters. The summed E-state index contributed by atoms with van der Waals surface area (Å²) in [6.45, 7) is 0. The number of hydrogen-bond donors (Lipinski definition) is 0. The van der Waals surface area contributed by atoms with Gasteiger partial charge in [-0.3, -0.25) is 0 Å². The molecule has 3 aliphatic rings. The Kier molecular flexibility index (Phi) is 15.3. The largest absolute Gasteiger partial charge is 0.0533 e. The SMILES string of the molecule is C1CCCC1.C1CCCC1.C1CCCC1.[La]. The Bertz CT molecular complexity index is 64.0. The molecule has 0 nitrogen and oxygen atoms in total. The molecule has 0 aromatic rings. The zero-order valence-electron chi connectivity index (χ0n) is 11.2. The summed E-state index contributed by atoms with van der Waals surface area (Å²) in [6, 6.07) is 0. The van der Waals surface area contributed by atoms with E-state index in [0.29, 0.717) is 0 Å². The second-order valence-electron chi connectivity index (χ2n) is 5.30. The van der Waals surface area contributed by atoms with Crippen LogP contribution in [0.1, 0.15) is 96.3 Å². The van der Waals surface area contributed by atoms with Gasteiger partial charge in [0.2, 0.25) is 0 Å². The van der Waals surface area contributed by atoms with E-state index >= 15 is 0 Å². The van der Waals surface area contributed by atoms with Gasteiger partial charge in [0.05, 0.1) is 0 Å². The zero-order valence-corrected chi connectivity index (χ0v) is 14.8. The van der Waals surface area contributed by atoms with Crippen LogP contribution in [0.15, 0.2) is 0 Å². The van der Waals surface area contributed by atoms with E-state index in [0.717, 1.165) is 0 Å². The topological polar surface area (TPSA) is 0 Å². The smallest absolute Gasteiger partial charge is 0 e.